The van der Waals surface area contributed by atoms with E-state index < -0.39 is 19.1 Å². The molecule has 170 valence electrons. The number of aromatic nitrogens is 5. The summed E-state index contributed by atoms with van der Waals surface area (Å²) in [4.78, 5) is 37.5. The van der Waals surface area contributed by atoms with Crippen LogP contribution in [0.3, 0.4) is 0 Å². The van der Waals surface area contributed by atoms with E-state index >= 15 is 0 Å². The van der Waals surface area contributed by atoms with E-state index in [1.54, 1.807) is 13.2 Å². The molecule has 0 saturated heterocycles. The summed E-state index contributed by atoms with van der Waals surface area (Å²) < 4.78 is 22.6. The number of hydrogen-bond acceptors (Lipinski definition) is 8. The highest BCUT2D eigenvalue weighted by Crippen LogP contribution is 2.45. The van der Waals surface area contributed by atoms with E-state index in [0.717, 1.165) is 35.5 Å². The molecule has 0 spiro atoms. The lowest BCUT2D eigenvalue weighted by atomic mass is 9.98. The Bertz CT molecular complexity index is 1370. The molecule has 33 heavy (non-hydrogen) atoms. The maximum absolute atomic E-state index is 12.9. The Morgan fingerprint density at radius 1 is 1.24 bits per heavy atom. The molecule has 1 saturated carbocycles. The maximum atomic E-state index is 12.9. The number of rotatable bonds is 6. The number of nitrogens with one attached hydrogen (secondary N) is 2. The third kappa shape index (κ3) is 3.71. The average Bonchev–Trinajstić information content (AvgIpc) is 3.58. The van der Waals surface area contributed by atoms with Gasteiger partial charge in [0.1, 0.15) is 17.2 Å². The number of ketones is 1. The number of fused-ring (bicyclic) bond motifs is 3. The second-order valence-corrected chi connectivity index (χ2v) is 8.37. The molecule has 5 rings (SSSR count). The lowest BCUT2D eigenvalue weighted by molar-refractivity contribution is -0.117. The molecule has 1 atom stereocenters. The van der Waals surface area contributed by atoms with E-state index in [0.29, 0.717) is 11.5 Å². The molecule has 1 aliphatic heterocycles. The summed E-state index contributed by atoms with van der Waals surface area (Å²) in [6.45, 7) is -0.425. The number of Topliss-reactive ketones (excluding diaryl/α,β-unsaturated/α-hetero) is 1. The van der Waals surface area contributed by atoms with Crippen LogP contribution in [-0.4, -0.2) is 43.7 Å². The third-order valence-electron chi connectivity index (χ3n) is 6.07. The van der Waals surface area contributed by atoms with Crippen molar-refractivity contribution >= 4 is 34.7 Å². The Hall–Kier alpha value is -3.82. The molecule has 1 aliphatic carbocycles. The Labute approximate surface area is 195 Å². The molecule has 10 heteroatoms. The van der Waals surface area contributed by atoms with Crippen molar-refractivity contribution in [3.05, 3.63) is 35.8 Å². The normalized spacial score (nSPS) is 18.5. The number of anilines is 4. The summed E-state index contributed by atoms with van der Waals surface area (Å²) in [5.41, 5.74) is 3.57. The molecule has 3 aromatic heterocycles. The van der Waals surface area contributed by atoms with E-state index in [9.17, 15) is 9.59 Å². The van der Waals surface area contributed by atoms with Crippen LogP contribution in [0.2, 0.25) is 0 Å². The summed E-state index contributed by atoms with van der Waals surface area (Å²) in [7, 11) is 3.69. The number of aryl methyl sites for hydroxylation is 1. The summed E-state index contributed by atoms with van der Waals surface area (Å²) >= 11 is 0. The SMILES string of the molecule is [2H]C([2H])([2H])CC(=O)c1cnc(NC(=O)C2CC2)cc1Nc1nccc2c1N(C)[C@H](C)c1nn(C)nc1-2. The number of amides is 1. The summed E-state index contributed by atoms with van der Waals surface area (Å²) in [6.07, 6.45) is 3.95. The summed E-state index contributed by atoms with van der Waals surface area (Å²) in [5, 5.41) is 15.0. The minimum Gasteiger partial charge on any atom is -0.363 e. The van der Waals surface area contributed by atoms with E-state index in [2.05, 4.69) is 30.8 Å². The zero-order chi connectivity index (χ0) is 25.8. The van der Waals surface area contributed by atoms with Gasteiger partial charge in [-0.15, -0.1) is 0 Å². The van der Waals surface area contributed by atoms with E-state index in [1.807, 2.05) is 24.9 Å². The van der Waals surface area contributed by atoms with Crippen molar-refractivity contribution < 1.29 is 13.7 Å². The van der Waals surface area contributed by atoms with Crippen LogP contribution in [0.15, 0.2) is 24.5 Å². The van der Waals surface area contributed by atoms with Crippen LogP contribution in [-0.2, 0) is 11.8 Å². The first-order valence-electron chi connectivity index (χ1n) is 12.3. The van der Waals surface area contributed by atoms with Gasteiger partial charge < -0.3 is 15.5 Å². The van der Waals surface area contributed by atoms with Crippen LogP contribution >= 0.6 is 0 Å². The molecule has 10 nitrogen and oxygen atoms in total. The van der Waals surface area contributed by atoms with Gasteiger partial charge in [-0.3, -0.25) is 9.59 Å². The molecule has 0 bridgehead atoms. The molecule has 0 aromatic carbocycles. The fraction of sp³-hybridized carbons (Fsp3) is 0.391. The molecule has 1 fully saturated rings. The van der Waals surface area contributed by atoms with E-state index in [1.165, 1.54) is 17.1 Å². The molecular weight excluding hydrogens is 420 g/mol. The number of carbonyl (C=O) groups is 2. The first kappa shape index (κ1) is 17.7. The van der Waals surface area contributed by atoms with Crippen molar-refractivity contribution in [1.29, 1.82) is 0 Å². The van der Waals surface area contributed by atoms with Gasteiger partial charge in [-0.25, -0.2) is 9.97 Å². The van der Waals surface area contributed by atoms with Crippen molar-refractivity contribution in [2.45, 2.75) is 39.1 Å². The molecular formula is C23H26N8O2. The van der Waals surface area contributed by atoms with Gasteiger partial charge in [0.25, 0.3) is 0 Å². The van der Waals surface area contributed by atoms with Gasteiger partial charge in [0.15, 0.2) is 11.6 Å². The van der Waals surface area contributed by atoms with Crippen LogP contribution in [0.4, 0.5) is 23.0 Å². The first-order valence-corrected chi connectivity index (χ1v) is 10.8. The number of hydrogen-bond donors (Lipinski definition) is 2. The largest absolute Gasteiger partial charge is 0.363 e. The molecule has 0 unspecified atom stereocenters. The van der Waals surface area contributed by atoms with Crippen LogP contribution in [0, 0.1) is 5.92 Å². The van der Waals surface area contributed by atoms with Crippen molar-refractivity contribution in [2.24, 2.45) is 13.0 Å². The minimum atomic E-state index is -2.44. The van der Waals surface area contributed by atoms with Gasteiger partial charge in [-0.05, 0) is 25.8 Å². The highest BCUT2D eigenvalue weighted by molar-refractivity contribution is 6.03. The smallest absolute Gasteiger partial charge is 0.228 e. The lowest BCUT2D eigenvalue weighted by Crippen LogP contribution is -2.27. The third-order valence-corrected chi connectivity index (χ3v) is 6.07. The monoisotopic (exact) mass is 449 g/mol. The zero-order valence-corrected chi connectivity index (χ0v) is 18.6. The number of pyridine rings is 2. The topological polar surface area (TPSA) is 118 Å². The van der Waals surface area contributed by atoms with Crippen molar-refractivity contribution in [3.63, 3.8) is 0 Å². The molecule has 0 radical (unpaired) electrons. The van der Waals surface area contributed by atoms with Crippen LogP contribution in [0.5, 0.6) is 0 Å². The van der Waals surface area contributed by atoms with Crippen molar-refractivity contribution in [1.82, 2.24) is 25.0 Å². The van der Waals surface area contributed by atoms with E-state index in [-0.39, 0.29) is 29.2 Å². The second kappa shape index (κ2) is 7.95. The van der Waals surface area contributed by atoms with Crippen LogP contribution in [0.1, 0.15) is 59.2 Å². The van der Waals surface area contributed by atoms with Crippen molar-refractivity contribution in [2.75, 3.05) is 22.6 Å². The van der Waals surface area contributed by atoms with Gasteiger partial charge in [-0.2, -0.15) is 15.0 Å². The van der Waals surface area contributed by atoms with Gasteiger partial charge in [-0.1, -0.05) is 6.85 Å². The average molecular weight is 450 g/mol. The van der Waals surface area contributed by atoms with Gasteiger partial charge >= 0.3 is 0 Å². The van der Waals surface area contributed by atoms with E-state index in [4.69, 9.17) is 4.11 Å². The predicted octanol–water partition coefficient (Wildman–Crippen LogP) is 3.47. The molecule has 1 amide bonds. The fourth-order valence-electron chi connectivity index (χ4n) is 4.01. The minimum absolute atomic E-state index is 0.0285. The molecule has 2 N–H and O–H groups in total. The second-order valence-electron chi connectivity index (χ2n) is 8.37. The van der Waals surface area contributed by atoms with Gasteiger partial charge in [0.05, 0.1) is 23.0 Å². The zero-order valence-electron chi connectivity index (χ0n) is 21.6. The quantitative estimate of drug-likeness (QED) is 0.549. The Morgan fingerprint density at radius 2 is 2.06 bits per heavy atom. The van der Waals surface area contributed by atoms with Gasteiger partial charge in [0.2, 0.25) is 5.91 Å². The molecule has 4 heterocycles. The predicted molar refractivity (Wildman–Crippen MR) is 125 cm³/mol. The lowest BCUT2D eigenvalue weighted by Gasteiger charge is -2.33. The molecule has 3 aromatic rings. The first-order chi connectivity index (χ1) is 17.0. The highest BCUT2D eigenvalue weighted by Gasteiger charge is 2.33. The van der Waals surface area contributed by atoms with Crippen LogP contribution < -0.4 is 15.5 Å². The summed E-state index contributed by atoms with van der Waals surface area (Å²) in [6, 6.07) is 3.30. The number of nitrogens with zero attached hydrogens (tertiary/aromatic N) is 6. The Morgan fingerprint density at radius 3 is 2.82 bits per heavy atom. The molecule has 2 aliphatic rings. The highest BCUT2D eigenvalue weighted by atomic mass is 16.2. The number of carbonyl (C=O) groups excluding carboxylic acids is 2. The maximum Gasteiger partial charge on any atom is 0.228 e. The summed E-state index contributed by atoms with van der Waals surface area (Å²) in [5.74, 6) is -0.0321. The van der Waals surface area contributed by atoms with Crippen molar-refractivity contribution in [3.8, 4) is 11.3 Å². The Kier molecular flexibility index (Phi) is 4.26. The standard InChI is InChI=1S/C23H26N8O2/c1-5-17(32)15-11-25-18(27-23(33)13-6-7-13)10-16(15)26-22-21-14(8-9-24-22)20-19(12(2)30(21)3)28-31(4)29-20/h8-13H,5-7H2,1-4H3,(H2,24,25,26,27,33)/t12-/m1/s1/i1D3. The van der Waals surface area contributed by atoms with Crippen LogP contribution in [0.25, 0.3) is 11.3 Å². The Balaban J connectivity index is 1.56. The van der Waals surface area contributed by atoms with Gasteiger partial charge in [0, 0.05) is 54.6 Å². The fourth-order valence-corrected chi connectivity index (χ4v) is 4.01.